The summed E-state index contributed by atoms with van der Waals surface area (Å²) in [4.78, 5) is 27.9. The molecule has 0 aliphatic rings. The number of halogens is 1. The molecule has 0 aliphatic heterocycles. The number of aryl methyl sites for hydroxylation is 1. The van der Waals surface area contributed by atoms with Crippen molar-refractivity contribution in [2.24, 2.45) is 0 Å². The van der Waals surface area contributed by atoms with E-state index in [1.165, 1.54) is 36.2 Å². The SMILES string of the molecule is CCCCNC(=O)C(CC)N(Cc1ccccc1C)C(=O)CN(C)S(=O)(=O)c1ccc(Cl)cc1. The van der Waals surface area contributed by atoms with E-state index in [-0.39, 0.29) is 17.3 Å². The molecule has 2 amide bonds. The normalized spacial score (nSPS) is 12.4. The van der Waals surface area contributed by atoms with Gasteiger partial charge in [0.2, 0.25) is 21.8 Å². The summed E-state index contributed by atoms with van der Waals surface area (Å²) < 4.78 is 27.0. The van der Waals surface area contributed by atoms with E-state index >= 15 is 0 Å². The molecule has 0 heterocycles. The van der Waals surface area contributed by atoms with Crippen LogP contribution in [0.5, 0.6) is 0 Å². The Bertz CT molecular complexity index is 1070. The number of hydrogen-bond donors (Lipinski definition) is 1. The second-order valence-electron chi connectivity index (χ2n) is 8.23. The summed E-state index contributed by atoms with van der Waals surface area (Å²) in [6.45, 7) is 6.17. The molecular formula is C25H34ClN3O4S. The summed E-state index contributed by atoms with van der Waals surface area (Å²) in [5, 5.41) is 3.33. The van der Waals surface area contributed by atoms with Crippen molar-refractivity contribution in [1.29, 1.82) is 0 Å². The third-order valence-corrected chi connectivity index (χ3v) is 7.77. The van der Waals surface area contributed by atoms with Crippen LogP contribution < -0.4 is 5.32 Å². The lowest BCUT2D eigenvalue weighted by molar-refractivity contribution is -0.141. The van der Waals surface area contributed by atoms with Crippen LogP contribution in [0.15, 0.2) is 53.4 Å². The van der Waals surface area contributed by atoms with Gasteiger partial charge in [-0.3, -0.25) is 9.59 Å². The van der Waals surface area contributed by atoms with Gasteiger partial charge >= 0.3 is 0 Å². The number of hydrogen-bond acceptors (Lipinski definition) is 4. The molecule has 186 valence electrons. The van der Waals surface area contributed by atoms with Gasteiger partial charge in [0.1, 0.15) is 6.04 Å². The highest BCUT2D eigenvalue weighted by atomic mass is 35.5. The molecular weight excluding hydrogens is 474 g/mol. The topological polar surface area (TPSA) is 86.8 Å². The smallest absolute Gasteiger partial charge is 0.243 e. The maximum Gasteiger partial charge on any atom is 0.243 e. The Hall–Kier alpha value is -2.42. The predicted octanol–water partition coefficient (Wildman–Crippen LogP) is 3.99. The average Bonchev–Trinajstić information content (AvgIpc) is 2.80. The molecule has 0 saturated heterocycles. The lowest BCUT2D eigenvalue weighted by Crippen LogP contribution is -2.51. The number of carbonyl (C=O) groups is 2. The van der Waals surface area contributed by atoms with E-state index in [9.17, 15) is 18.0 Å². The molecule has 1 atom stereocenters. The Labute approximate surface area is 208 Å². The van der Waals surface area contributed by atoms with Crippen molar-refractivity contribution >= 4 is 33.4 Å². The highest BCUT2D eigenvalue weighted by Crippen LogP contribution is 2.19. The second kappa shape index (κ2) is 12.9. The van der Waals surface area contributed by atoms with Crippen LogP contribution in [-0.2, 0) is 26.2 Å². The van der Waals surface area contributed by atoms with Gasteiger partial charge in [0.25, 0.3) is 0 Å². The van der Waals surface area contributed by atoms with Crippen LogP contribution in [-0.4, -0.2) is 55.6 Å². The average molecular weight is 508 g/mol. The first kappa shape index (κ1) is 27.8. The zero-order chi connectivity index (χ0) is 25.3. The molecule has 0 aromatic heterocycles. The lowest BCUT2D eigenvalue weighted by atomic mass is 10.1. The van der Waals surface area contributed by atoms with E-state index in [4.69, 9.17) is 11.6 Å². The van der Waals surface area contributed by atoms with Gasteiger partial charge in [-0.15, -0.1) is 0 Å². The number of sulfonamides is 1. The molecule has 2 rings (SSSR count). The van der Waals surface area contributed by atoms with Crippen molar-refractivity contribution in [2.45, 2.75) is 57.5 Å². The maximum absolute atomic E-state index is 13.5. The van der Waals surface area contributed by atoms with Gasteiger partial charge in [-0.25, -0.2) is 8.42 Å². The zero-order valence-corrected chi connectivity index (χ0v) is 21.8. The molecule has 0 bridgehead atoms. The van der Waals surface area contributed by atoms with E-state index in [0.717, 1.165) is 28.3 Å². The monoisotopic (exact) mass is 507 g/mol. The van der Waals surface area contributed by atoms with Crippen LogP contribution in [0, 0.1) is 6.92 Å². The van der Waals surface area contributed by atoms with Crippen LogP contribution in [0.25, 0.3) is 0 Å². The fraction of sp³-hybridized carbons (Fsp3) is 0.440. The van der Waals surface area contributed by atoms with E-state index in [1.54, 1.807) is 0 Å². The summed E-state index contributed by atoms with van der Waals surface area (Å²) in [5.74, 6) is -0.679. The molecule has 2 aromatic rings. The minimum Gasteiger partial charge on any atom is -0.354 e. The Morgan fingerprint density at radius 1 is 1.06 bits per heavy atom. The molecule has 1 unspecified atom stereocenters. The van der Waals surface area contributed by atoms with E-state index in [2.05, 4.69) is 5.32 Å². The molecule has 7 nitrogen and oxygen atoms in total. The van der Waals surface area contributed by atoms with Crippen LogP contribution in [0.3, 0.4) is 0 Å². The number of rotatable bonds is 12. The summed E-state index contributed by atoms with van der Waals surface area (Å²) in [7, 11) is -2.55. The van der Waals surface area contributed by atoms with Crippen LogP contribution in [0.1, 0.15) is 44.2 Å². The van der Waals surface area contributed by atoms with Crippen molar-refractivity contribution in [2.75, 3.05) is 20.1 Å². The van der Waals surface area contributed by atoms with E-state index < -0.39 is 28.5 Å². The quantitative estimate of drug-likeness (QED) is 0.440. The standard InChI is InChI=1S/C25H34ClN3O4S/c1-5-7-16-27-25(31)23(6-2)29(17-20-11-9-8-10-19(20)3)24(30)18-28(4)34(32,33)22-14-12-21(26)13-15-22/h8-15,23H,5-7,16-18H2,1-4H3,(H,27,31). The number of amides is 2. The van der Waals surface area contributed by atoms with E-state index in [0.29, 0.717) is 18.0 Å². The first-order chi connectivity index (χ1) is 16.1. The molecule has 0 aliphatic carbocycles. The Balaban J connectivity index is 2.30. The highest BCUT2D eigenvalue weighted by molar-refractivity contribution is 7.89. The minimum atomic E-state index is -3.91. The van der Waals surface area contributed by atoms with E-state index in [1.807, 2.05) is 45.0 Å². The fourth-order valence-corrected chi connectivity index (χ4v) is 4.80. The molecule has 2 aromatic carbocycles. The van der Waals surface area contributed by atoms with Crippen molar-refractivity contribution in [1.82, 2.24) is 14.5 Å². The fourth-order valence-electron chi connectivity index (χ4n) is 3.55. The van der Waals surface area contributed by atoms with Gasteiger partial charge < -0.3 is 10.2 Å². The van der Waals surface area contributed by atoms with Gasteiger partial charge in [-0.1, -0.05) is 56.1 Å². The Kier molecular flexibility index (Phi) is 10.5. The summed E-state index contributed by atoms with van der Waals surface area (Å²) >= 11 is 5.88. The largest absolute Gasteiger partial charge is 0.354 e. The van der Waals surface area contributed by atoms with Gasteiger partial charge in [0.05, 0.1) is 11.4 Å². The Morgan fingerprint density at radius 2 is 1.71 bits per heavy atom. The van der Waals surface area contributed by atoms with Crippen molar-refractivity contribution in [3.63, 3.8) is 0 Å². The van der Waals surface area contributed by atoms with Crippen molar-refractivity contribution < 1.29 is 18.0 Å². The maximum atomic E-state index is 13.5. The van der Waals surface area contributed by atoms with Crippen molar-refractivity contribution in [3.8, 4) is 0 Å². The third-order valence-electron chi connectivity index (χ3n) is 5.70. The number of unbranched alkanes of at least 4 members (excludes halogenated alkanes) is 1. The lowest BCUT2D eigenvalue weighted by Gasteiger charge is -2.32. The number of nitrogens with zero attached hydrogens (tertiary/aromatic N) is 2. The van der Waals surface area contributed by atoms with Gasteiger partial charge in [0.15, 0.2) is 0 Å². The number of likely N-dealkylation sites (N-methyl/N-ethyl adjacent to an activating group) is 1. The second-order valence-corrected chi connectivity index (χ2v) is 10.7. The first-order valence-corrected chi connectivity index (χ1v) is 13.3. The highest BCUT2D eigenvalue weighted by Gasteiger charge is 2.31. The minimum absolute atomic E-state index is 0.0435. The summed E-state index contributed by atoms with van der Waals surface area (Å²) in [6.07, 6.45) is 2.19. The van der Waals surface area contributed by atoms with Gasteiger partial charge in [-0.05, 0) is 55.2 Å². The molecule has 0 fully saturated rings. The molecule has 34 heavy (non-hydrogen) atoms. The first-order valence-electron chi connectivity index (χ1n) is 11.4. The number of nitrogens with one attached hydrogen (secondary N) is 1. The van der Waals surface area contributed by atoms with Crippen molar-refractivity contribution in [3.05, 3.63) is 64.7 Å². The third kappa shape index (κ3) is 7.29. The number of carbonyl (C=O) groups excluding carboxylic acids is 2. The number of benzene rings is 2. The summed E-state index contributed by atoms with van der Waals surface area (Å²) in [5.41, 5.74) is 1.89. The summed E-state index contributed by atoms with van der Waals surface area (Å²) in [6, 6.07) is 12.7. The molecule has 0 radical (unpaired) electrons. The van der Waals surface area contributed by atoms with Gasteiger partial charge in [-0.2, -0.15) is 4.31 Å². The molecule has 1 N–H and O–H groups in total. The molecule has 9 heteroatoms. The van der Waals surface area contributed by atoms with Crippen LogP contribution >= 0.6 is 11.6 Å². The Morgan fingerprint density at radius 3 is 2.29 bits per heavy atom. The van der Waals surface area contributed by atoms with Gasteiger partial charge in [0, 0.05) is 25.2 Å². The van der Waals surface area contributed by atoms with Crippen LogP contribution in [0.4, 0.5) is 0 Å². The molecule has 0 spiro atoms. The zero-order valence-electron chi connectivity index (χ0n) is 20.3. The predicted molar refractivity (Wildman–Crippen MR) is 135 cm³/mol. The molecule has 0 saturated carbocycles. The van der Waals surface area contributed by atoms with Crippen LogP contribution in [0.2, 0.25) is 5.02 Å².